The second-order valence-electron chi connectivity index (χ2n) is 1.10. The Bertz CT molecular complexity index is 143. The van der Waals surface area contributed by atoms with Crippen LogP contribution in [0.3, 0.4) is 0 Å². The quantitative estimate of drug-likeness (QED) is 0.297. The van der Waals surface area contributed by atoms with Crippen molar-refractivity contribution in [1.29, 1.82) is 5.26 Å². The molecular formula is C5H6N2O. The molecule has 0 aliphatic carbocycles. The molecule has 0 heterocycles. The minimum atomic E-state index is -0.380. The van der Waals surface area contributed by atoms with Crippen LogP contribution in [0.25, 0.3) is 0 Å². The van der Waals surface area contributed by atoms with Gasteiger partial charge in [0.15, 0.2) is 6.19 Å². The molecule has 0 atom stereocenters. The van der Waals surface area contributed by atoms with E-state index in [0.717, 1.165) is 0 Å². The van der Waals surface area contributed by atoms with Crippen molar-refractivity contribution in [3.63, 3.8) is 0 Å². The van der Waals surface area contributed by atoms with E-state index in [4.69, 9.17) is 5.26 Å². The van der Waals surface area contributed by atoms with Gasteiger partial charge < -0.3 is 0 Å². The number of hydrogen-bond acceptors (Lipinski definition) is 2. The molecule has 0 unspecified atom stereocenters. The van der Waals surface area contributed by atoms with Crippen molar-refractivity contribution in [1.82, 2.24) is 5.32 Å². The number of carbonyl (C=O) groups excluding carboxylic acids is 1. The summed E-state index contributed by atoms with van der Waals surface area (Å²) in [5, 5.41) is 9.77. The van der Waals surface area contributed by atoms with Crippen molar-refractivity contribution in [3.8, 4) is 6.19 Å². The minimum absolute atomic E-state index is 0.380. The van der Waals surface area contributed by atoms with E-state index in [0.29, 0.717) is 0 Å². The van der Waals surface area contributed by atoms with Gasteiger partial charge in [-0.25, -0.2) is 0 Å². The zero-order valence-corrected chi connectivity index (χ0v) is 4.51. The Morgan fingerprint density at radius 1 is 1.88 bits per heavy atom. The molecule has 0 fully saturated rings. The lowest BCUT2D eigenvalue weighted by Gasteiger charge is -1.81. The molecule has 3 heteroatoms. The molecule has 1 amide bonds. The van der Waals surface area contributed by atoms with Crippen LogP contribution in [0.2, 0.25) is 0 Å². The van der Waals surface area contributed by atoms with E-state index in [1.807, 2.05) is 5.32 Å². The van der Waals surface area contributed by atoms with Crippen molar-refractivity contribution >= 4 is 5.91 Å². The van der Waals surface area contributed by atoms with E-state index in [1.165, 1.54) is 12.3 Å². The van der Waals surface area contributed by atoms with Crippen molar-refractivity contribution in [2.45, 2.75) is 6.92 Å². The summed E-state index contributed by atoms with van der Waals surface area (Å²) < 4.78 is 0. The summed E-state index contributed by atoms with van der Waals surface area (Å²) in [7, 11) is 0. The molecule has 0 bridgehead atoms. The Balaban J connectivity index is 3.53. The van der Waals surface area contributed by atoms with Gasteiger partial charge in [0.25, 0.3) is 5.91 Å². The highest BCUT2D eigenvalue weighted by Gasteiger charge is 1.85. The van der Waals surface area contributed by atoms with E-state index < -0.39 is 0 Å². The van der Waals surface area contributed by atoms with Gasteiger partial charge in [0, 0.05) is 0 Å². The van der Waals surface area contributed by atoms with Crippen molar-refractivity contribution < 1.29 is 4.79 Å². The van der Waals surface area contributed by atoms with E-state index in [9.17, 15) is 4.79 Å². The van der Waals surface area contributed by atoms with E-state index in [-0.39, 0.29) is 5.91 Å². The highest BCUT2D eigenvalue weighted by Crippen LogP contribution is 1.67. The van der Waals surface area contributed by atoms with Gasteiger partial charge in [0.05, 0.1) is 0 Å². The molecule has 0 aliphatic heterocycles. The molecule has 0 saturated heterocycles. The third-order valence-corrected chi connectivity index (χ3v) is 0.497. The van der Waals surface area contributed by atoms with Crippen LogP contribution >= 0.6 is 0 Å². The highest BCUT2D eigenvalue weighted by atomic mass is 16.1. The molecule has 1 N–H and O–H groups in total. The fourth-order valence-electron chi connectivity index (χ4n) is 0.248. The predicted octanol–water partition coefficient (Wildman–Crippen LogP) is 0.160. The number of nitrogens with zero attached hydrogens (tertiary/aromatic N) is 1. The molecule has 8 heavy (non-hydrogen) atoms. The number of rotatable bonds is 1. The van der Waals surface area contributed by atoms with Crippen LogP contribution in [0.1, 0.15) is 6.92 Å². The topological polar surface area (TPSA) is 52.9 Å². The summed E-state index contributed by atoms with van der Waals surface area (Å²) in [4.78, 5) is 10.2. The molecule has 42 valence electrons. The second kappa shape index (κ2) is 3.88. The summed E-state index contributed by atoms with van der Waals surface area (Å²) in [5.41, 5.74) is 0. The Hall–Kier alpha value is -1.30. The van der Waals surface area contributed by atoms with Gasteiger partial charge in [0.1, 0.15) is 0 Å². The first-order chi connectivity index (χ1) is 3.81. The minimum Gasteiger partial charge on any atom is -0.269 e. The number of carbonyl (C=O) groups is 1. The van der Waals surface area contributed by atoms with Crippen molar-refractivity contribution in [3.05, 3.63) is 12.2 Å². The standard InChI is InChI=1S/C5H6N2O/c1-2-3-5(8)7-4-6/h2-3H,1H3,(H,7,8)/b3-2+. The van der Waals surface area contributed by atoms with Crippen LogP contribution in [-0.2, 0) is 4.79 Å². The van der Waals surface area contributed by atoms with Crippen LogP contribution in [0.5, 0.6) is 0 Å². The van der Waals surface area contributed by atoms with Crippen LogP contribution in [-0.4, -0.2) is 5.91 Å². The summed E-state index contributed by atoms with van der Waals surface area (Å²) in [6.45, 7) is 1.71. The summed E-state index contributed by atoms with van der Waals surface area (Å²) >= 11 is 0. The SMILES string of the molecule is C/C=C/C(=O)NC#N. The van der Waals surface area contributed by atoms with Crippen LogP contribution in [0.15, 0.2) is 12.2 Å². The Kier molecular flexibility index (Phi) is 3.25. The Morgan fingerprint density at radius 2 is 2.50 bits per heavy atom. The lowest BCUT2D eigenvalue weighted by atomic mass is 10.5. The molecular weight excluding hydrogens is 104 g/mol. The average molecular weight is 110 g/mol. The summed E-state index contributed by atoms with van der Waals surface area (Å²) in [6, 6.07) is 0. The van der Waals surface area contributed by atoms with Gasteiger partial charge in [-0.2, -0.15) is 5.26 Å². The summed E-state index contributed by atoms with van der Waals surface area (Å²) in [5.74, 6) is -0.380. The van der Waals surface area contributed by atoms with Crippen molar-refractivity contribution in [2.75, 3.05) is 0 Å². The molecule has 0 aromatic heterocycles. The predicted molar refractivity (Wildman–Crippen MR) is 28.6 cm³/mol. The fraction of sp³-hybridized carbons (Fsp3) is 0.200. The molecule has 3 nitrogen and oxygen atoms in total. The zero-order chi connectivity index (χ0) is 6.41. The molecule has 0 aromatic carbocycles. The molecule has 0 aromatic rings. The van der Waals surface area contributed by atoms with Crippen LogP contribution in [0, 0.1) is 11.5 Å². The monoisotopic (exact) mass is 110 g/mol. The van der Waals surface area contributed by atoms with Gasteiger partial charge in [-0.15, -0.1) is 0 Å². The largest absolute Gasteiger partial charge is 0.269 e. The lowest BCUT2D eigenvalue weighted by molar-refractivity contribution is -0.115. The zero-order valence-electron chi connectivity index (χ0n) is 4.51. The van der Waals surface area contributed by atoms with Crippen LogP contribution < -0.4 is 5.32 Å². The number of nitriles is 1. The molecule has 0 saturated carbocycles. The van der Waals surface area contributed by atoms with E-state index in [1.54, 1.807) is 13.0 Å². The van der Waals surface area contributed by atoms with Gasteiger partial charge in [0.2, 0.25) is 0 Å². The maximum atomic E-state index is 10.2. The maximum Gasteiger partial charge on any atom is 0.256 e. The first-order valence-electron chi connectivity index (χ1n) is 2.13. The maximum absolute atomic E-state index is 10.2. The lowest BCUT2D eigenvalue weighted by Crippen LogP contribution is -2.13. The third-order valence-electron chi connectivity index (χ3n) is 0.497. The van der Waals surface area contributed by atoms with Crippen LogP contribution in [0.4, 0.5) is 0 Å². The van der Waals surface area contributed by atoms with Gasteiger partial charge in [-0.3, -0.25) is 10.1 Å². The molecule has 0 spiro atoms. The van der Waals surface area contributed by atoms with Crippen molar-refractivity contribution in [2.24, 2.45) is 0 Å². The smallest absolute Gasteiger partial charge is 0.256 e. The first kappa shape index (κ1) is 6.70. The summed E-state index contributed by atoms with van der Waals surface area (Å²) in [6.07, 6.45) is 4.34. The third kappa shape index (κ3) is 2.91. The second-order valence-corrected chi connectivity index (χ2v) is 1.10. The van der Waals surface area contributed by atoms with Gasteiger partial charge >= 0.3 is 0 Å². The van der Waals surface area contributed by atoms with Gasteiger partial charge in [-0.1, -0.05) is 6.08 Å². The molecule has 0 radical (unpaired) electrons. The Morgan fingerprint density at radius 3 is 2.88 bits per heavy atom. The van der Waals surface area contributed by atoms with E-state index in [2.05, 4.69) is 0 Å². The number of amides is 1. The normalized spacial score (nSPS) is 8.50. The first-order valence-corrected chi connectivity index (χ1v) is 2.13. The number of nitrogens with one attached hydrogen (secondary N) is 1. The number of allylic oxidation sites excluding steroid dienone is 1. The van der Waals surface area contributed by atoms with E-state index >= 15 is 0 Å². The Labute approximate surface area is 47.6 Å². The highest BCUT2D eigenvalue weighted by molar-refractivity contribution is 5.88. The van der Waals surface area contributed by atoms with Gasteiger partial charge in [-0.05, 0) is 13.0 Å². The fourth-order valence-corrected chi connectivity index (χ4v) is 0.248. The molecule has 0 rings (SSSR count). The average Bonchev–Trinajstić information content (AvgIpc) is 1.68. The molecule has 0 aliphatic rings. The number of hydrogen-bond donors (Lipinski definition) is 1.